The van der Waals surface area contributed by atoms with Crippen LogP contribution in [0.1, 0.15) is 6.92 Å². The Morgan fingerprint density at radius 1 is 1.33 bits per heavy atom. The molecule has 0 aliphatic heterocycles. The van der Waals surface area contributed by atoms with Gasteiger partial charge in [-0.3, -0.25) is 0 Å². The van der Waals surface area contributed by atoms with Crippen molar-refractivity contribution in [1.82, 2.24) is 0 Å². The van der Waals surface area contributed by atoms with Crippen LogP contribution < -0.4 is 0 Å². The Bertz CT molecular complexity index is 189. The molecule has 0 spiro atoms. The summed E-state index contributed by atoms with van der Waals surface area (Å²) in [6.07, 6.45) is 1.80. The summed E-state index contributed by atoms with van der Waals surface area (Å²) >= 11 is 0. The molecule has 12 heavy (non-hydrogen) atoms. The lowest BCUT2D eigenvalue weighted by molar-refractivity contribution is 0.304. The summed E-state index contributed by atoms with van der Waals surface area (Å²) in [6.45, 7) is 12.0. The fourth-order valence-electron chi connectivity index (χ4n) is 0.798. The molecule has 70 valence electrons. The van der Waals surface area contributed by atoms with E-state index < -0.39 is 8.32 Å². The van der Waals surface area contributed by atoms with E-state index in [4.69, 9.17) is 9.16 Å². The van der Waals surface area contributed by atoms with Gasteiger partial charge >= 0.3 is 0 Å². The van der Waals surface area contributed by atoms with Gasteiger partial charge in [-0.2, -0.15) is 0 Å². The van der Waals surface area contributed by atoms with Crippen molar-refractivity contribution in [3.8, 4) is 0 Å². The zero-order valence-corrected chi connectivity index (χ0v) is 9.60. The lowest BCUT2D eigenvalue weighted by Crippen LogP contribution is -2.24. The molecule has 0 aromatic carbocycles. The molecule has 0 saturated heterocycles. The molecule has 0 bridgehead atoms. The van der Waals surface area contributed by atoms with Gasteiger partial charge in [0.2, 0.25) is 8.32 Å². The largest absolute Gasteiger partial charge is 0.547 e. The fourth-order valence-corrected chi connectivity index (χ4v) is 1.82. The Hall–Kier alpha value is -0.703. The zero-order valence-electron chi connectivity index (χ0n) is 8.60. The van der Waals surface area contributed by atoms with Crippen LogP contribution in [0.3, 0.4) is 0 Å². The average Bonchev–Trinajstić information content (AvgIpc) is 1.82. The van der Waals surface area contributed by atoms with Crippen molar-refractivity contribution >= 4 is 8.32 Å². The summed E-state index contributed by atoms with van der Waals surface area (Å²) in [6, 6.07) is 0. The first-order valence-corrected chi connectivity index (χ1v) is 7.36. The van der Waals surface area contributed by atoms with E-state index in [0.717, 1.165) is 5.76 Å². The topological polar surface area (TPSA) is 18.5 Å². The molecule has 0 aliphatic rings. The van der Waals surface area contributed by atoms with Crippen molar-refractivity contribution in [3.63, 3.8) is 0 Å². The zero-order chi connectivity index (χ0) is 9.78. The molecule has 0 radical (unpaired) electrons. The van der Waals surface area contributed by atoms with Crippen molar-refractivity contribution < 1.29 is 9.16 Å². The molecular formula is C9H18O2Si. The van der Waals surface area contributed by atoms with Crippen molar-refractivity contribution in [2.75, 3.05) is 7.11 Å². The highest BCUT2D eigenvalue weighted by atomic mass is 28.4. The fraction of sp³-hybridized carbons (Fsp3) is 0.556. The van der Waals surface area contributed by atoms with Crippen LogP contribution in [0, 0.1) is 0 Å². The minimum atomic E-state index is -1.46. The summed E-state index contributed by atoms with van der Waals surface area (Å²) < 4.78 is 10.6. The van der Waals surface area contributed by atoms with Crippen LogP contribution in [0.2, 0.25) is 19.6 Å². The van der Waals surface area contributed by atoms with Gasteiger partial charge in [-0.1, -0.05) is 6.58 Å². The number of methoxy groups -OCH3 is 1. The monoisotopic (exact) mass is 186 g/mol. The summed E-state index contributed by atoms with van der Waals surface area (Å²) in [4.78, 5) is 0. The van der Waals surface area contributed by atoms with Gasteiger partial charge < -0.3 is 9.16 Å². The van der Waals surface area contributed by atoms with E-state index in [-0.39, 0.29) is 0 Å². The number of hydrogen-bond donors (Lipinski definition) is 0. The molecule has 0 heterocycles. The molecule has 0 aromatic rings. The highest BCUT2D eigenvalue weighted by Gasteiger charge is 2.15. The minimum Gasteiger partial charge on any atom is -0.547 e. The molecule has 0 rings (SSSR count). The highest BCUT2D eigenvalue weighted by molar-refractivity contribution is 6.70. The summed E-state index contributed by atoms with van der Waals surface area (Å²) in [5.74, 6) is 1.51. The van der Waals surface area contributed by atoms with Gasteiger partial charge in [0.05, 0.1) is 12.9 Å². The van der Waals surface area contributed by atoms with E-state index in [1.165, 1.54) is 0 Å². The Labute approximate surface area is 76.0 Å². The van der Waals surface area contributed by atoms with Crippen molar-refractivity contribution in [1.29, 1.82) is 0 Å². The lowest BCUT2D eigenvalue weighted by Gasteiger charge is -2.19. The van der Waals surface area contributed by atoms with E-state index in [2.05, 4.69) is 26.2 Å². The second kappa shape index (κ2) is 4.35. The van der Waals surface area contributed by atoms with Gasteiger partial charge in [0.1, 0.15) is 5.76 Å². The minimum absolute atomic E-state index is 0.630. The van der Waals surface area contributed by atoms with Crippen molar-refractivity contribution in [3.05, 3.63) is 24.2 Å². The van der Waals surface area contributed by atoms with Gasteiger partial charge in [0.25, 0.3) is 0 Å². The molecular weight excluding hydrogens is 168 g/mol. The van der Waals surface area contributed by atoms with Gasteiger partial charge in [0.15, 0.2) is 0 Å². The third kappa shape index (κ3) is 6.04. The predicted octanol–water partition coefficient (Wildman–Crippen LogP) is 2.90. The van der Waals surface area contributed by atoms with Gasteiger partial charge in [-0.25, -0.2) is 0 Å². The van der Waals surface area contributed by atoms with Crippen molar-refractivity contribution in [2.45, 2.75) is 26.6 Å². The maximum atomic E-state index is 5.67. The van der Waals surface area contributed by atoms with Crippen LogP contribution in [0.15, 0.2) is 24.2 Å². The summed E-state index contributed by atoms with van der Waals surface area (Å²) in [7, 11) is 0.133. The molecule has 0 amide bonds. The molecule has 0 aromatic heterocycles. The van der Waals surface area contributed by atoms with Crippen LogP contribution in [0.4, 0.5) is 0 Å². The average molecular weight is 186 g/mol. The molecule has 0 aliphatic carbocycles. The molecule has 0 unspecified atom stereocenters. The first-order chi connectivity index (χ1) is 5.35. The summed E-state index contributed by atoms with van der Waals surface area (Å²) in [5, 5.41) is 0. The predicted molar refractivity (Wildman–Crippen MR) is 54.3 cm³/mol. The number of ether oxygens (including phenoxy) is 1. The Morgan fingerprint density at radius 2 is 1.83 bits per heavy atom. The van der Waals surface area contributed by atoms with Crippen LogP contribution in [0.25, 0.3) is 0 Å². The summed E-state index contributed by atoms with van der Waals surface area (Å²) in [5.41, 5.74) is 0. The number of rotatable bonds is 4. The van der Waals surface area contributed by atoms with Crippen LogP contribution >= 0.6 is 0 Å². The van der Waals surface area contributed by atoms with E-state index in [0.29, 0.717) is 5.76 Å². The second-order valence-electron chi connectivity index (χ2n) is 3.64. The van der Waals surface area contributed by atoms with Crippen LogP contribution in [0.5, 0.6) is 0 Å². The molecule has 0 N–H and O–H groups in total. The number of allylic oxidation sites excluding steroid dienone is 2. The number of hydrogen-bond acceptors (Lipinski definition) is 2. The lowest BCUT2D eigenvalue weighted by atomic mass is 10.4. The van der Waals surface area contributed by atoms with Gasteiger partial charge in [-0.05, 0) is 26.6 Å². The van der Waals surface area contributed by atoms with E-state index in [1.54, 1.807) is 13.2 Å². The van der Waals surface area contributed by atoms with E-state index >= 15 is 0 Å². The third-order valence-electron chi connectivity index (χ3n) is 1.09. The Kier molecular flexibility index (Phi) is 4.10. The van der Waals surface area contributed by atoms with E-state index in [9.17, 15) is 0 Å². The first kappa shape index (κ1) is 11.3. The van der Waals surface area contributed by atoms with E-state index in [1.807, 2.05) is 6.92 Å². The highest BCUT2D eigenvalue weighted by Crippen LogP contribution is 2.11. The first-order valence-electron chi connectivity index (χ1n) is 3.95. The Balaban J connectivity index is 4.12. The molecule has 0 saturated carbocycles. The third-order valence-corrected chi connectivity index (χ3v) is 2.03. The standard InChI is InChI=1S/C9H18O2Si/c1-8(10-3)7-9(2)11-12(4,5)6/h7H,1H2,2-6H3/b9-7-. The van der Waals surface area contributed by atoms with Crippen molar-refractivity contribution in [2.24, 2.45) is 0 Å². The molecule has 0 fully saturated rings. The molecule has 3 heteroatoms. The normalized spacial score (nSPS) is 12.6. The maximum absolute atomic E-state index is 5.67. The molecule has 2 nitrogen and oxygen atoms in total. The molecule has 0 atom stereocenters. The van der Waals surface area contributed by atoms with Gasteiger partial charge in [-0.15, -0.1) is 0 Å². The Morgan fingerprint density at radius 3 is 2.17 bits per heavy atom. The SMILES string of the molecule is C=C(/C=C(/C)O[Si](C)(C)C)OC. The maximum Gasteiger partial charge on any atom is 0.241 e. The smallest absolute Gasteiger partial charge is 0.241 e. The quantitative estimate of drug-likeness (QED) is 0.382. The second-order valence-corrected chi connectivity index (χ2v) is 8.07. The van der Waals surface area contributed by atoms with Gasteiger partial charge in [0, 0.05) is 6.08 Å². The van der Waals surface area contributed by atoms with Crippen LogP contribution in [-0.2, 0) is 9.16 Å². The van der Waals surface area contributed by atoms with Crippen LogP contribution in [-0.4, -0.2) is 15.4 Å².